The summed E-state index contributed by atoms with van der Waals surface area (Å²) in [6, 6.07) is 3.48. The number of phenols is 1. The number of aromatic hydroxyl groups is 1. The highest BCUT2D eigenvalue weighted by molar-refractivity contribution is 7.17. The van der Waals surface area contributed by atoms with Crippen LogP contribution < -0.4 is 5.46 Å². The maximum Gasteiger partial charge on any atom is 0.492 e. The van der Waals surface area contributed by atoms with Crippen molar-refractivity contribution in [2.45, 2.75) is 6.92 Å². The molecule has 0 radical (unpaired) electrons. The smallest absolute Gasteiger partial charge is 0.492 e. The van der Waals surface area contributed by atoms with Crippen LogP contribution in [0.2, 0.25) is 0 Å². The first-order chi connectivity index (χ1) is 6.61. The van der Waals surface area contributed by atoms with Crippen molar-refractivity contribution < 1.29 is 15.2 Å². The minimum absolute atomic E-state index is 0.0325. The first-order valence-electron chi connectivity index (χ1n) is 4.17. The van der Waals surface area contributed by atoms with E-state index in [4.69, 9.17) is 10.0 Å². The van der Waals surface area contributed by atoms with Gasteiger partial charge in [-0.3, -0.25) is 0 Å². The van der Waals surface area contributed by atoms with Crippen LogP contribution in [-0.2, 0) is 0 Å². The van der Waals surface area contributed by atoms with Crippen LogP contribution in [0.4, 0.5) is 0 Å². The van der Waals surface area contributed by atoms with E-state index in [1.54, 1.807) is 13.0 Å². The van der Waals surface area contributed by atoms with Gasteiger partial charge in [0.25, 0.3) is 0 Å². The van der Waals surface area contributed by atoms with Crippen LogP contribution >= 0.6 is 11.3 Å². The topological polar surface area (TPSA) is 60.7 Å². The Morgan fingerprint density at radius 3 is 2.71 bits per heavy atom. The summed E-state index contributed by atoms with van der Waals surface area (Å²) in [5, 5.41) is 30.6. The number of aryl methyl sites for hydroxylation is 1. The van der Waals surface area contributed by atoms with Crippen molar-refractivity contribution in [1.29, 1.82) is 0 Å². The molecule has 0 aliphatic heterocycles. The van der Waals surface area contributed by atoms with Crippen molar-refractivity contribution in [2.75, 3.05) is 0 Å². The SMILES string of the molecule is Cc1c(O)c(B(O)O)cc2ccsc12. The summed E-state index contributed by atoms with van der Waals surface area (Å²) in [6.07, 6.45) is 0. The van der Waals surface area contributed by atoms with E-state index in [0.717, 1.165) is 10.1 Å². The van der Waals surface area contributed by atoms with Gasteiger partial charge in [-0.15, -0.1) is 11.3 Å². The zero-order chi connectivity index (χ0) is 10.3. The van der Waals surface area contributed by atoms with Gasteiger partial charge in [-0.2, -0.15) is 0 Å². The van der Waals surface area contributed by atoms with E-state index in [2.05, 4.69) is 0 Å². The van der Waals surface area contributed by atoms with Gasteiger partial charge in [0.15, 0.2) is 0 Å². The molecule has 2 aromatic rings. The molecule has 0 fully saturated rings. The number of hydrogen-bond acceptors (Lipinski definition) is 4. The monoisotopic (exact) mass is 208 g/mol. The molecule has 0 saturated carbocycles. The summed E-state index contributed by atoms with van der Waals surface area (Å²) in [4.78, 5) is 0. The lowest BCUT2D eigenvalue weighted by Crippen LogP contribution is -2.30. The highest BCUT2D eigenvalue weighted by Gasteiger charge is 2.19. The van der Waals surface area contributed by atoms with Crippen molar-refractivity contribution in [1.82, 2.24) is 0 Å². The fourth-order valence-corrected chi connectivity index (χ4v) is 2.38. The lowest BCUT2D eigenvalue weighted by Gasteiger charge is -2.07. The van der Waals surface area contributed by atoms with Crippen LogP contribution in [0, 0.1) is 6.92 Å². The molecule has 0 unspecified atom stereocenters. The molecule has 72 valence electrons. The van der Waals surface area contributed by atoms with Crippen LogP contribution in [-0.4, -0.2) is 22.3 Å². The Bertz CT molecular complexity index is 478. The van der Waals surface area contributed by atoms with Gasteiger partial charge in [-0.1, -0.05) is 6.07 Å². The van der Waals surface area contributed by atoms with Crippen molar-refractivity contribution in [3.8, 4) is 5.75 Å². The lowest BCUT2D eigenvalue weighted by atomic mass is 9.78. The summed E-state index contributed by atoms with van der Waals surface area (Å²) in [5.74, 6) is -0.0325. The minimum atomic E-state index is -1.63. The fraction of sp³-hybridized carbons (Fsp3) is 0.111. The van der Waals surface area contributed by atoms with Gasteiger partial charge in [-0.05, 0) is 23.8 Å². The number of rotatable bonds is 1. The molecule has 0 aliphatic rings. The molecule has 1 aromatic heterocycles. The summed E-state index contributed by atoms with van der Waals surface area (Å²) < 4.78 is 0.979. The van der Waals surface area contributed by atoms with Gasteiger partial charge >= 0.3 is 7.12 Å². The Labute approximate surface area is 85.4 Å². The number of hydrogen-bond donors (Lipinski definition) is 3. The molecule has 3 N–H and O–H groups in total. The van der Waals surface area contributed by atoms with E-state index in [0.29, 0.717) is 5.56 Å². The van der Waals surface area contributed by atoms with Crippen LogP contribution in [0.3, 0.4) is 0 Å². The molecule has 14 heavy (non-hydrogen) atoms. The number of fused-ring (bicyclic) bond motifs is 1. The molecule has 1 heterocycles. The zero-order valence-electron chi connectivity index (χ0n) is 7.56. The summed E-state index contributed by atoms with van der Waals surface area (Å²) in [6.45, 7) is 1.76. The molecule has 0 amide bonds. The molecule has 5 heteroatoms. The third-order valence-corrected chi connectivity index (χ3v) is 3.30. The quantitative estimate of drug-likeness (QED) is 0.601. The second kappa shape index (κ2) is 3.27. The van der Waals surface area contributed by atoms with Crippen LogP contribution in [0.15, 0.2) is 17.5 Å². The van der Waals surface area contributed by atoms with E-state index >= 15 is 0 Å². The maximum atomic E-state index is 9.67. The van der Waals surface area contributed by atoms with Crippen LogP contribution in [0.25, 0.3) is 10.1 Å². The standard InChI is InChI=1S/C9H9BO3S/c1-5-8(11)7(10(12)13)4-6-2-3-14-9(5)6/h2-4,11-13H,1H3. The highest BCUT2D eigenvalue weighted by atomic mass is 32.1. The first-order valence-corrected chi connectivity index (χ1v) is 5.05. The second-order valence-electron chi connectivity index (χ2n) is 3.15. The van der Waals surface area contributed by atoms with Gasteiger partial charge in [-0.25, -0.2) is 0 Å². The number of benzene rings is 1. The largest absolute Gasteiger partial charge is 0.508 e. The average molecular weight is 208 g/mol. The number of phenolic OH excluding ortho intramolecular Hbond substituents is 1. The third kappa shape index (κ3) is 1.30. The first kappa shape index (κ1) is 9.52. The van der Waals surface area contributed by atoms with E-state index in [1.807, 2.05) is 11.4 Å². The maximum absolute atomic E-state index is 9.67. The molecular formula is C9H9BO3S. The van der Waals surface area contributed by atoms with E-state index in [9.17, 15) is 5.11 Å². The molecule has 3 nitrogen and oxygen atoms in total. The van der Waals surface area contributed by atoms with Gasteiger partial charge in [0.05, 0.1) is 0 Å². The normalized spacial score (nSPS) is 10.8. The van der Waals surface area contributed by atoms with Gasteiger partial charge in [0.2, 0.25) is 0 Å². The molecule has 2 rings (SSSR count). The van der Waals surface area contributed by atoms with Gasteiger partial charge in [0.1, 0.15) is 5.75 Å². The zero-order valence-corrected chi connectivity index (χ0v) is 8.38. The highest BCUT2D eigenvalue weighted by Crippen LogP contribution is 2.29. The predicted octanol–water partition coefficient (Wildman–Crippen LogP) is 0.595. The average Bonchev–Trinajstić information content (AvgIpc) is 2.58. The minimum Gasteiger partial charge on any atom is -0.508 e. The number of thiophene rings is 1. The molecule has 0 bridgehead atoms. The third-order valence-electron chi connectivity index (χ3n) is 2.25. The summed E-state index contributed by atoms with van der Waals surface area (Å²) >= 11 is 1.53. The Morgan fingerprint density at radius 2 is 2.07 bits per heavy atom. The van der Waals surface area contributed by atoms with E-state index in [1.165, 1.54) is 11.3 Å². The van der Waals surface area contributed by atoms with Crippen LogP contribution in [0.1, 0.15) is 5.56 Å². The molecule has 0 atom stereocenters. The molecule has 0 saturated heterocycles. The van der Waals surface area contributed by atoms with Crippen molar-refractivity contribution in [3.63, 3.8) is 0 Å². The van der Waals surface area contributed by atoms with Crippen molar-refractivity contribution in [2.24, 2.45) is 0 Å². The Balaban J connectivity index is 2.80. The Hall–Kier alpha value is -1.04. The van der Waals surface area contributed by atoms with Gasteiger partial charge in [0, 0.05) is 15.7 Å². The van der Waals surface area contributed by atoms with Crippen LogP contribution in [0.5, 0.6) is 5.75 Å². The molecule has 0 spiro atoms. The molecular weight excluding hydrogens is 199 g/mol. The Kier molecular flexibility index (Phi) is 2.22. The lowest BCUT2D eigenvalue weighted by molar-refractivity contribution is 0.419. The Morgan fingerprint density at radius 1 is 1.36 bits per heavy atom. The van der Waals surface area contributed by atoms with E-state index < -0.39 is 7.12 Å². The van der Waals surface area contributed by atoms with Gasteiger partial charge < -0.3 is 15.2 Å². The second-order valence-corrected chi connectivity index (χ2v) is 4.07. The molecule has 0 aliphatic carbocycles. The summed E-state index contributed by atoms with van der Waals surface area (Å²) in [5.41, 5.74) is 0.856. The van der Waals surface area contributed by atoms with Crippen molar-refractivity contribution in [3.05, 3.63) is 23.1 Å². The molecule has 1 aromatic carbocycles. The summed E-state index contributed by atoms with van der Waals surface area (Å²) in [7, 11) is -1.63. The predicted molar refractivity (Wildman–Crippen MR) is 58.1 cm³/mol. The van der Waals surface area contributed by atoms with Crippen molar-refractivity contribution >= 4 is 34.0 Å². The van der Waals surface area contributed by atoms with E-state index in [-0.39, 0.29) is 11.2 Å². The fourth-order valence-electron chi connectivity index (χ4n) is 1.49.